The molecule has 0 unspecified atom stereocenters. The molecule has 0 aliphatic rings. The smallest absolute Gasteiger partial charge is 0.255 e. The first-order valence-electron chi connectivity index (χ1n) is 9.22. The van der Waals surface area contributed by atoms with Crippen molar-refractivity contribution >= 4 is 34.7 Å². The van der Waals surface area contributed by atoms with Crippen molar-refractivity contribution in [1.29, 1.82) is 5.26 Å². The van der Waals surface area contributed by atoms with Crippen molar-refractivity contribution in [2.24, 2.45) is 5.73 Å². The predicted octanol–water partition coefficient (Wildman–Crippen LogP) is 3.01. The van der Waals surface area contributed by atoms with Gasteiger partial charge in [0.2, 0.25) is 11.7 Å². The van der Waals surface area contributed by atoms with Gasteiger partial charge in [0.25, 0.3) is 5.91 Å². The standard InChI is InChI=1S/C23H13ClN6O2/c24-19-2-1-3-20-28-29-21(30(19)20)9-4-14-10-15(13-25)12-17(11-14)23(32)27-18-7-5-16(6-8-18)22(26)31/h1-3,5-8,10-12H,(H2,26,31)(H,27,32). The van der Waals surface area contributed by atoms with Gasteiger partial charge in [-0.05, 0) is 60.5 Å². The average Bonchev–Trinajstić information content (AvgIpc) is 3.22. The second-order valence-corrected chi connectivity index (χ2v) is 7.01. The molecule has 0 aliphatic carbocycles. The fourth-order valence-electron chi connectivity index (χ4n) is 2.93. The van der Waals surface area contributed by atoms with Crippen molar-refractivity contribution < 1.29 is 9.59 Å². The fraction of sp³-hybridized carbons (Fsp3) is 0. The van der Waals surface area contributed by atoms with E-state index in [0.717, 1.165) is 0 Å². The van der Waals surface area contributed by atoms with E-state index in [-0.39, 0.29) is 11.1 Å². The number of anilines is 1. The van der Waals surface area contributed by atoms with E-state index in [4.69, 9.17) is 17.3 Å². The molecule has 4 rings (SSSR count). The molecular formula is C23H13ClN6O2. The third-order valence-electron chi connectivity index (χ3n) is 4.45. The zero-order chi connectivity index (χ0) is 22.7. The molecule has 2 heterocycles. The number of halogens is 1. The van der Waals surface area contributed by atoms with Gasteiger partial charge in [-0.15, -0.1) is 10.2 Å². The van der Waals surface area contributed by atoms with Crippen LogP contribution in [0, 0.1) is 23.2 Å². The SMILES string of the molecule is N#Cc1cc(C#Cc2nnc3cccc(Cl)n23)cc(C(=O)Nc2ccc(C(N)=O)cc2)c1. The molecule has 0 fully saturated rings. The number of nitrogens with one attached hydrogen (secondary N) is 1. The highest BCUT2D eigenvalue weighted by molar-refractivity contribution is 6.29. The second-order valence-electron chi connectivity index (χ2n) is 6.62. The van der Waals surface area contributed by atoms with E-state index in [1.807, 2.05) is 6.07 Å². The lowest BCUT2D eigenvalue weighted by Crippen LogP contribution is -2.13. The number of nitrogens with zero attached hydrogens (tertiary/aromatic N) is 4. The first-order chi connectivity index (χ1) is 15.4. The van der Waals surface area contributed by atoms with E-state index in [1.165, 1.54) is 18.2 Å². The van der Waals surface area contributed by atoms with Crippen LogP contribution in [0.25, 0.3) is 5.65 Å². The molecule has 9 heteroatoms. The molecule has 2 aromatic heterocycles. The molecule has 154 valence electrons. The van der Waals surface area contributed by atoms with Crippen LogP contribution in [0.4, 0.5) is 5.69 Å². The Labute approximate surface area is 187 Å². The number of hydrogen-bond donors (Lipinski definition) is 2. The topological polar surface area (TPSA) is 126 Å². The Morgan fingerprint density at radius 3 is 2.44 bits per heavy atom. The van der Waals surface area contributed by atoms with Crippen molar-refractivity contribution in [3.63, 3.8) is 0 Å². The third-order valence-corrected chi connectivity index (χ3v) is 4.75. The van der Waals surface area contributed by atoms with Gasteiger partial charge in [0.15, 0.2) is 5.65 Å². The van der Waals surface area contributed by atoms with Crippen LogP contribution in [0.15, 0.2) is 60.7 Å². The van der Waals surface area contributed by atoms with Crippen molar-refractivity contribution in [2.75, 3.05) is 5.32 Å². The lowest BCUT2D eigenvalue weighted by Gasteiger charge is -2.07. The Kier molecular flexibility index (Phi) is 5.54. The first-order valence-corrected chi connectivity index (χ1v) is 9.60. The molecule has 0 saturated carbocycles. The van der Waals surface area contributed by atoms with Gasteiger partial charge < -0.3 is 11.1 Å². The Balaban J connectivity index is 1.63. The molecule has 0 atom stereocenters. The highest BCUT2D eigenvalue weighted by Crippen LogP contribution is 2.15. The molecular weight excluding hydrogens is 428 g/mol. The minimum Gasteiger partial charge on any atom is -0.366 e. The summed E-state index contributed by atoms with van der Waals surface area (Å²) in [4.78, 5) is 23.9. The number of aromatic nitrogens is 3. The van der Waals surface area contributed by atoms with Gasteiger partial charge >= 0.3 is 0 Å². The zero-order valence-corrected chi connectivity index (χ0v) is 17.1. The summed E-state index contributed by atoms with van der Waals surface area (Å²) in [7, 11) is 0. The summed E-state index contributed by atoms with van der Waals surface area (Å²) in [5.41, 5.74) is 7.54. The minimum absolute atomic E-state index is 0.247. The molecule has 0 bridgehead atoms. The number of pyridine rings is 1. The number of benzene rings is 2. The monoisotopic (exact) mass is 440 g/mol. The molecule has 4 aromatic rings. The Morgan fingerprint density at radius 2 is 1.72 bits per heavy atom. The predicted molar refractivity (Wildman–Crippen MR) is 118 cm³/mol. The maximum absolute atomic E-state index is 12.7. The van der Waals surface area contributed by atoms with Gasteiger partial charge in [0.1, 0.15) is 5.15 Å². The zero-order valence-electron chi connectivity index (χ0n) is 16.3. The maximum Gasteiger partial charge on any atom is 0.255 e. The van der Waals surface area contributed by atoms with Crippen LogP contribution in [0.2, 0.25) is 5.15 Å². The molecule has 2 amide bonds. The number of rotatable bonds is 3. The summed E-state index contributed by atoms with van der Waals surface area (Å²) in [6.45, 7) is 0. The summed E-state index contributed by atoms with van der Waals surface area (Å²) in [5, 5.41) is 20.5. The molecule has 0 spiro atoms. The number of nitriles is 1. The van der Waals surface area contributed by atoms with E-state index >= 15 is 0 Å². The van der Waals surface area contributed by atoms with Gasteiger partial charge in [-0.2, -0.15) is 5.26 Å². The molecule has 0 radical (unpaired) electrons. The molecule has 8 nitrogen and oxygen atoms in total. The number of primary amides is 1. The van der Waals surface area contributed by atoms with Gasteiger partial charge in [-0.25, -0.2) is 0 Å². The average molecular weight is 441 g/mol. The van der Waals surface area contributed by atoms with Gasteiger partial charge in [0.05, 0.1) is 11.6 Å². The molecule has 0 aliphatic heterocycles. The molecule has 3 N–H and O–H groups in total. The normalized spacial score (nSPS) is 10.1. The van der Waals surface area contributed by atoms with Crippen molar-refractivity contribution in [3.8, 4) is 17.9 Å². The lowest BCUT2D eigenvalue weighted by molar-refractivity contribution is 0.0998. The van der Waals surface area contributed by atoms with Gasteiger partial charge in [-0.3, -0.25) is 14.0 Å². The summed E-state index contributed by atoms with van der Waals surface area (Å²) in [6.07, 6.45) is 0. The number of amides is 2. The number of carbonyl (C=O) groups is 2. The van der Waals surface area contributed by atoms with E-state index in [0.29, 0.717) is 33.4 Å². The Bertz CT molecular complexity index is 1470. The van der Waals surface area contributed by atoms with Crippen molar-refractivity contribution in [1.82, 2.24) is 14.6 Å². The fourth-order valence-corrected chi connectivity index (χ4v) is 3.17. The van der Waals surface area contributed by atoms with Crippen molar-refractivity contribution in [2.45, 2.75) is 0 Å². The number of carbonyl (C=O) groups excluding carboxylic acids is 2. The van der Waals surface area contributed by atoms with Crippen LogP contribution in [0.1, 0.15) is 37.7 Å². The number of fused-ring (bicyclic) bond motifs is 1. The quantitative estimate of drug-likeness (QED) is 0.374. The van der Waals surface area contributed by atoms with Gasteiger partial charge in [0, 0.05) is 22.4 Å². The Morgan fingerprint density at radius 1 is 0.969 bits per heavy atom. The summed E-state index contributed by atoms with van der Waals surface area (Å²) >= 11 is 6.20. The maximum atomic E-state index is 12.7. The van der Waals surface area contributed by atoms with Gasteiger partial charge in [-0.1, -0.05) is 23.6 Å². The highest BCUT2D eigenvalue weighted by Gasteiger charge is 2.10. The summed E-state index contributed by atoms with van der Waals surface area (Å²) in [5.74, 6) is 5.11. The number of hydrogen-bond acceptors (Lipinski definition) is 5. The van der Waals surface area contributed by atoms with Crippen LogP contribution in [-0.4, -0.2) is 26.4 Å². The molecule has 32 heavy (non-hydrogen) atoms. The van der Waals surface area contributed by atoms with E-state index in [9.17, 15) is 14.9 Å². The largest absolute Gasteiger partial charge is 0.366 e. The first kappa shape index (κ1) is 20.6. The third kappa shape index (κ3) is 4.26. The van der Waals surface area contributed by atoms with Crippen LogP contribution in [0.3, 0.4) is 0 Å². The number of nitrogens with two attached hydrogens (primary N) is 1. The van der Waals surface area contributed by atoms with Crippen LogP contribution in [-0.2, 0) is 0 Å². The summed E-state index contributed by atoms with van der Waals surface area (Å²) in [6, 6.07) is 18.0. The minimum atomic E-state index is -0.561. The van der Waals surface area contributed by atoms with E-state index < -0.39 is 11.8 Å². The molecule has 2 aromatic carbocycles. The lowest BCUT2D eigenvalue weighted by atomic mass is 10.1. The second kappa shape index (κ2) is 8.60. The van der Waals surface area contributed by atoms with Crippen LogP contribution in [0.5, 0.6) is 0 Å². The Hall–Kier alpha value is -4.66. The van der Waals surface area contributed by atoms with Crippen molar-refractivity contribution in [3.05, 3.63) is 93.9 Å². The molecule has 0 saturated heterocycles. The summed E-state index contributed by atoms with van der Waals surface area (Å²) < 4.78 is 1.59. The van der Waals surface area contributed by atoms with E-state index in [2.05, 4.69) is 27.4 Å². The van der Waals surface area contributed by atoms with E-state index in [1.54, 1.807) is 46.9 Å². The van der Waals surface area contributed by atoms with Crippen LogP contribution >= 0.6 is 11.6 Å². The van der Waals surface area contributed by atoms with Crippen LogP contribution < -0.4 is 11.1 Å². The highest BCUT2D eigenvalue weighted by atomic mass is 35.5.